The highest BCUT2D eigenvalue weighted by Gasteiger charge is 2.12. The Labute approximate surface area is 193 Å². The molecule has 1 atom stereocenters. The molecule has 1 N–H and O–H groups in total. The Kier molecular flexibility index (Phi) is 6.78. The van der Waals surface area contributed by atoms with E-state index in [2.05, 4.69) is 28.4 Å². The third-order valence-electron chi connectivity index (χ3n) is 5.33. The van der Waals surface area contributed by atoms with E-state index in [9.17, 15) is 4.79 Å². The van der Waals surface area contributed by atoms with Gasteiger partial charge in [-0.15, -0.1) is 0 Å². The van der Waals surface area contributed by atoms with Crippen molar-refractivity contribution in [2.75, 3.05) is 6.54 Å². The fourth-order valence-electron chi connectivity index (χ4n) is 3.67. The third-order valence-corrected chi connectivity index (χ3v) is 5.33. The summed E-state index contributed by atoms with van der Waals surface area (Å²) in [5.74, 6) is 0.118. The fourth-order valence-corrected chi connectivity index (χ4v) is 3.67. The number of pyridine rings is 1. The number of nitrogens with zero attached hydrogens (tertiary/aromatic N) is 5. The molecule has 3 aromatic heterocycles. The number of hydrogen-bond acceptors (Lipinski definition) is 4. The monoisotopic (exact) mass is 440 g/mol. The molecule has 1 unspecified atom stereocenters. The van der Waals surface area contributed by atoms with Gasteiger partial charge in [0.05, 0.1) is 11.4 Å². The Morgan fingerprint density at radius 2 is 1.94 bits per heavy atom. The van der Waals surface area contributed by atoms with E-state index in [-0.39, 0.29) is 11.8 Å². The summed E-state index contributed by atoms with van der Waals surface area (Å²) >= 11 is 0. The molecule has 7 heteroatoms. The first-order valence-electron chi connectivity index (χ1n) is 11.0. The minimum atomic E-state index is -0.139. The Hall–Kier alpha value is -4.00. The summed E-state index contributed by atoms with van der Waals surface area (Å²) in [5.41, 5.74) is 5.60. The molecule has 4 rings (SSSR count). The molecule has 0 aliphatic carbocycles. The van der Waals surface area contributed by atoms with Crippen molar-refractivity contribution in [2.45, 2.75) is 27.3 Å². The molecule has 3 heterocycles. The lowest BCUT2D eigenvalue weighted by atomic mass is 10.1. The highest BCUT2D eigenvalue weighted by molar-refractivity contribution is 5.92. The van der Waals surface area contributed by atoms with Gasteiger partial charge in [0.1, 0.15) is 5.69 Å². The predicted octanol–water partition coefficient (Wildman–Crippen LogP) is 4.21. The number of para-hydroxylation sites is 1. The van der Waals surface area contributed by atoms with E-state index >= 15 is 0 Å². The second kappa shape index (κ2) is 10.1. The molecule has 1 aromatic carbocycles. The van der Waals surface area contributed by atoms with Crippen LogP contribution in [0.3, 0.4) is 0 Å². The second-order valence-electron chi connectivity index (χ2n) is 8.25. The number of hydrogen-bond donors (Lipinski definition) is 1. The largest absolute Gasteiger partial charge is 0.352 e. The third kappa shape index (κ3) is 5.63. The lowest BCUT2D eigenvalue weighted by Gasteiger charge is -2.13. The van der Waals surface area contributed by atoms with Crippen molar-refractivity contribution in [1.82, 2.24) is 29.9 Å². The maximum atomic E-state index is 12.5. The number of aromatic nitrogens is 5. The number of nitrogens with one attached hydrogen (secondary N) is 1. The summed E-state index contributed by atoms with van der Waals surface area (Å²) in [6.45, 7) is 7.47. The van der Waals surface area contributed by atoms with Gasteiger partial charge in [0.25, 0.3) is 0 Å². The van der Waals surface area contributed by atoms with E-state index < -0.39 is 0 Å². The van der Waals surface area contributed by atoms with Crippen LogP contribution < -0.4 is 5.32 Å². The Bertz CT molecular complexity index is 1240. The molecule has 7 nitrogen and oxygen atoms in total. The van der Waals surface area contributed by atoms with Crippen LogP contribution in [-0.4, -0.2) is 37.0 Å². The molecule has 0 aliphatic heterocycles. The van der Waals surface area contributed by atoms with E-state index in [1.807, 2.05) is 71.9 Å². The second-order valence-corrected chi connectivity index (χ2v) is 8.25. The number of amides is 1. The molecule has 0 saturated carbocycles. The molecule has 0 spiro atoms. The van der Waals surface area contributed by atoms with Crippen molar-refractivity contribution < 1.29 is 4.79 Å². The number of rotatable bonds is 8. The molecule has 0 fully saturated rings. The minimum absolute atomic E-state index is 0.139. The molecular weight excluding hydrogens is 412 g/mol. The Morgan fingerprint density at radius 1 is 1.12 bits per heavy atom. The average molecular weight is 441 g/mol. The summed E-state index contributed by atoms with van der Waals surface area (Å²) in [6.07, 6.45) is 8.79. The van der Waals surface area contributed by atoms with E-state index in [1.165, 1.54) is 0 Å². The van der Waals surface area contributed by atoms with E-state index in [1.54, 1.807) is 24.5 Å². The number of carbonyl (C=O) groups excluding carboxylic acids is 1. The van der Waals surface area contributed by atoms with Crippen LogP contribution in [0.15, 0.2) is 73.2 Å². The SMILES string of the molecule is Cc1cc(C)n(CC(C)CNC(=O)C=Cc2cn(-c3ccccc3)nc2-c2cccnc2)n1. The van der Waals surface area contributed by atoms with Gasteiger partial charge in [0, 0.05) is 54.6 Å². The van der Waals surface area contributed by atoms with Crippen molar-refractivity contribution >= 4 is 12.0 Å². The normalized spacial score (nSPS) is 12.2. The summed E-state index contributed by atoms with van der Waals surface area (Å²) in [5, 5.41) is 12.2. The maximum Gasteiger partial charge on any atom is 0.244 e. The van der Waals surface area contributed by atoms with Crippen molar-refractivity contribution in [3.8, 4) is 16.9 Å². The van der Waals surface area contributed by atoms with E-state index in [0.29, 0.717) is 6.54 Å². The van der Waals surface area contributed by atoms with Crippen LogP contribution in [0.25, 0.3) is 23.0 Å². The lowest BCUT2D eigenvalue weighted by Crippen LogP contribution is -2.29. The van der Waals surface area contributed by atoms with Crippen LogP contribution in [0.5, 0.6) is 0 Å². The summed E-state index contributed by atoms with van der Waals surface area (Å²) in [6, 6.07) is 15.8. The average Bonchev–Trinajstić information content (AvgIpc) is 3.40. The van der Waals surface area contributed by atoms with Crippen LogP contribution in [0.4, 0.5) is 0 Å². The number of carbonyl (C=O) groups is 1. The first-order valence-corrected chi connectivity index (χ1v) is 11.0. The first-order chi connectivity index (χ1) is 16.0. The molecule has 1 amide bonds. The van der Waals surface area contributed by atoms with Crippen molar-refractivity contribution in [3.63, 3.8) is 0 Å². The summed E-state index contributed by atoms with van der Waals surface area (Å²) < 4.78 is 3.80. The molecule has 4 aromatic rings. The maximum absolute atomic E-state index is 12.5. The van der Waals surface area contributed by atoms with Gasteiger partial charge in [0.15, 0.2) is 0 Å². The van der Waals surface area contributed by atoms with Crippen LogP contribution in [0.2, 0.25) is 0 Å². The number of aryl methyl sites for hydroxylation is 2. The highest BCUT2D eigenvalue weighted by atomic mass is 16.1. The van der Waals surface area contributed by atoms with Gasteiger partial charge >= 0.3 is 0 Å². The summed E-state index contributed by atoms with van der Waals surface area (Å²) in [7, 11) is 0. The minimum Gasteiger partial charge on any atom is -0.352 e. The van der Waals surface area contributed by atoms with E-state index in [0.717, 1.165) is 40.4 Å². The molecule has 0 saturated heterocycles. The Morgan fingerprint density at radius 3 is 2.64 bits per heavy atom. The summed E-state index contributed by atoms with van der Waals surface area (Å²) in [4.78, 5) is 16.7. The van der Waals surface area contributed by atoms with Gasteiger partial charge in [-0.05, 0) is 56.2 Å². The van der Waals surface area contributed by atoms with Gasteiger partial charge in [-0.3, -0.25) is 14.5 Å². The van der Waals surface area contributed by atoms with Gasteiger partial charge in [-0.2, -0.15) is 10.2 Å². The molecular formula is C26H28N6O. The van der Waals surface area contributed by atoms with Crippen molar-refractivity contribution in [1.29, 1.82) is 0 Å². The zero-order valence-electron chi connectivity index (χ0n) is 19.1. The smallest absolute Gasteiger partial charge is 0.244 e. The number of benzene rings is 1. The molecule has 0 radical (unpaired) electrons. The zero-order valence-corrected chi connectivity index (χ0v) is 19.1. The van der Waals surface area contributed by atoms with Crippen molar-refractivity contribution in [2.24, 2.45) is 5.92 Å². The van der Waals surface area contributed by atoms with Crippen LogP contribution in [0, 0.1) is 19.8 Å². The van der Waals surface area contributed by atoms with Crippen LogP contribution in [-0.2, 0) is 11.3 Å². The zero-order chi connectivity index (χ0) is 23.2. The Balaban J connectivity index is 1.45. The van der Waals surface area contributed by atoms with Gasteiger partial charge in [0.2, 0.25) is 5.91 Å². The molecule has 0 aliphatic rings. The van der Waals surface area contributed by atoms with Crippen LogP contribution >= 0.6 is 0 Å². The fraction of sp³-hybridized carbons (Fsp3) is 0.231. The van der Waals surface area contributed by atoms with E-state index in [4.69, 9.17) is 5.10 Å². The first kappa shape index (κ1) is 22.2. The molecule has 168 valence electrons. The van der Waals surface area contributed by atoms with Gasteiger partial charge in [-0.25, -0.2) is 4.68 Å². The topological polar surface area (TPSA) is 77.6 Å². The van der Waals surface area contributed by atoms with Gasteiger partial charge in [-0.1, -0.05) is 25.1 Å². The van der Waals surface area contributed by atoms with Crippen molar-refractivity contribution in [3.05, 3.63) is 90.1 Å². The molecule has 33 heavy (non-hydrogen) atoms. The predicted molar refractivity (Wildman–Crippen MR) is 130 cm³/mol. The molecule has 0 bridgehead atoms. The van der Waals surface area contributed by atoms with Crippen LogP contribution in [0.1, 0.15) is 23.9 Å². The van der Waals surface area contributed by atoms with Gasteiger partial charge < -0.3 is 5.32 Å². The highest BCUT2D eigenvalue weighted by Crippen LogP contribution is 2.24. The lowest BCUT2D eigenvalue weighted by molar-refractivity contribution is -0.116. The standard InChI is InChI=1S/C26H28N6O/c1-19(17-31-21(3)14-20(2)29-31)15-28-25(33)12-11-23-18-32(24-9-5-4-6-10-24)30-26(23)22-8-7-13-27-16-22/h4-14,16,18-19H,15,17H2,1-3H3,(H,28,33). The quantitative estimate of drug-likeness (QED) is 0.416.